The Kier molecular flexibility index (Phi) is 4.47. The fourth-order valence-corrected chi connectivity index (χ4v) is 3.73. The summed E-state index contributed by atoms with van der Waals surface area (Å²) in [5.74, 6) is 0. The molecule has 0 atom stereocenters. The summed E-state index contributed by atoms with van der Waals surface area (Å²) >= 11 is 12.6. The Morgan fingerprint density at radius 2 is 1.59 bits per heavy atom. The third-order valence-corrected chi connectivity index (χ3v) is 5.22. The number of rotatable bonds is 3. The van der Waals surface area contributed by atoms with E-state index in [0.717, 1.165) is 28.0 Å². The lowest BCUT2D eigenvalue weighted by Gasteiger charge is -2.21. The van der Waals surface area contributed by atoms with Crippen LogP contribution in [0.25, 0.3) is 28.0 Å². The van der Waals surface area contributed by atoms with Crippen molar-refractivity contribution in [3.63, 3.8) is 0 Å². The molecule has 136 valence electrons. The number of pyridine rings is 1. The van der Waals surface area contributed by atoms with Crippen molar-refractivity contribution >= 4 is 28.8 Å². The first kappa shape index (κ1) is 18.1. The van der Waals surface area contributed by atoms with E-state index < -0.39 is 5.60 Å². The van der Waals surface area contributed by atoms with E-state index in [1.54, 1.807) is 13.8 Å². The summed E-state index contributed by atoms with van der Waals surface area (Å²) in [5.41, 5.74) is 4.26. The van der Waals surface area contributed by atoms with Crippen LogP contribution in [0.5, 0.6) is 0 Å². The minimum Gasteiger partial charge on any atom is -0.386 e. The van der Waals surface area contributed by atoms with E-state index in [1.807, 2.05) is 71.4 Å². The molecule has 2 aromatic heterocycles. The molecular formula is C22H18Cl2N2O. The summed E-state index contributed by atoms with van der Waals surface area (Å²) in [7, 11) is 0. The number of aliphatic hydroxyl groups is 1. The van der Waals surface area contributed by atoms with Crippen LogP contribution in [0.1, 0.15) is 19.4 Å². The molecule has 0 aliphatic carbocycles. The zero-order chi connectivity index (χ0) is 19.2. The van der Waals surface area contributed by atoms with Crippen LogP contribution in [0.15, 0.2) is 67.0 Å². The quantitative estimate of drug-likeness (QED) is 0.447. The van der Waals surface area contributed by atoms with Crippen LogP contribution in [0, 0.1) is 0 Å². The van der Waals surface area contributed by atoms with E-state index in [2.05, 4.69) is 4.98 Å². The Hall–Kier alpha value is -2.33. The highest BCUT2D eigenvalue weighted by Crippen LogP contribution is 2.36. The van der Waals surface area contributed by atoms with Gasteiger partial charge >= 0.3 is 0 Å². The predicted octanol–water partition coefficient (Wildman–Crippen LogP) is 6.20. The molecule has 0 amide bonds. The van der Waals surface area contributed by atoms with E-state index in [4.69, 9.17) is 23.2 Å². The van der Waals surface area contributed by atoms with E-state index in [9.17, 15) is 5.11 Å². The molecule has 1 N–H and O–H groups in total. The molecule has 5 heteroatoms. The number of fused-ring (bicyclic) bond motifs is 1. The van der Waals surface area contributed by atoms with Crippen molar-refractivity contribution < 1.29 is 5.11 Å². The first-order chi connectivity index (χ1) is 12.8. The number of hydrogen-bond donors (Lipinski definition) is 1. The first-order valence-corrected chi connectivity index (χ1v) is 9.35. The van der Waals surface area contributed by atoms with E-state index >= 15 is 0 Å². The molecule has 3 nitrogen and oxygen atoms in total. The Bertz CT molecular complexity index is 1130. The molecule has 0 aliphatic heterocycles. The van der Waals surface area contributed by atoms with Gasteiger partial charge in [-0.1, -0.05) is 53.5 Å². The van der Waals surface area contributed by atoms with Crippen LogP contribution in [-0.2, 0) is 5.60 Å². The summed E-state index contributed by atoms with van der Waals surface area (Å²) in [6.07, 6.45) is 3.98. The molecule has 2 heterocycles. The zero-order valence-electron chi connectivity index (χ0n) is 14.9. The number of benzene rings is 2. The van der Waals surface area contributed by atoms with Crippen LogP contribution in [0.2, 0.25) is 10.0 Å². The lowest BCUT2D eigenvalue weighted by atomic mass is 9.94. The maximum Gasteiger partial charge on any atom is 0.137 e. The Morgan fingerprint density at radius 3 is 2.30 bits per heavy atom. The van der Waals surface area contributed by atoms with Gasteiger partial charge in [0.2, 0.25) is 0 Å². The first-order valence-electron chi connectivity index (χ1n) is 8.59. The number of hydrogen-bond acceptors (Lipinski definition) is 2. The normalized spacial score (nSPS) is 11.9. The molecule has 0 aliphatic rings. The maximum absolute atomic E-state index is 10.4. The predicted molar refractivity (Wildman–Crippen MR) is 111 cm³/mol. The van der Waals surface area contributed by atoms with Gasteiger partial charge < -0.3 is 9.51 Å². The third-order valence-electron chi connectivity index (χ3n) is 4.56. The van der Waals surface area contributed by atoms with Gasteiger partial charge in [-0.15, -0.1) is 0 Å². The molecule has 4 aromatic rings. The van der Waals surface area contributed by atoms with Crippen molar-refractivity contribution in [3.8, 4) is 22.4 Å². The van der Waals surface area contributed by atoms with Crippen molar-refractivity contribution in [2.45, 2.75) is 19.4 Å². The second kappa shape index (κ2) is 6.68. The lowest BCUT2D eigenvalue weighted by molar-refractivity contribution is 0.0787. The minimum absolute atomic E-state index is 0.558. The highest BCUT2D eigenvalue weighted by molar-refractivity contribution is 6.34. The third kappa shape index (κ3) is 3.46. The molecule has 4 rings (SSSR count). The molecular weight excluding hydrogens is 379 g/mol. The highest BCUT2D eigenvalue weighted by Gasteiger charge is 2.21. The minimum atomic E-state index is -1.01. The van der Waals surface area contributed by atoms with E-state index in [0.29, 0.717) is 15.6 Å². The van der Waals surface area contributed by atoms with Gasteiger partial charge in [0.1, 0.15) is 5.65 Å². The summed E-state index contributed by atoms with van der Waals surface area (Å²) in [6, 6.07) is 17.3. The van der Waals surface area contributed by atoms with Gasteiger partial charge in [-0.2, -0.15) is 0 Å². The average molecular weight is 397 g/mol. The highest BCUT2D eigenvalue weighted by atomic mass is 35.5. The second-order valence-corrected chi connectivity index (χ2v) is 7.86. The maximum atomic E-state index is 10.4. The zero-order valence-corrected chi connectivity index (χ0v) is 16.5. The molecule has 0 fully saturated rings. The van der Waals surface area contributed by atoms with Crippen molar-refractivity contribution in [3.05, 3.63) is 82.6 Å². The van der Waals surface area contributed by atoms with Gasteiger partial charge in [-0.3, -0.25) is 0 Å². The molecule has 2 aromatic carbocycles. The van der Waals surface area contributed by atoms with Crippen molar-refractivity contribution in [1.29, 1.82) is 0 Å². The van der Waals surface area contributed by atoms with Gasteiger partial charge in [0, 0.05) is 34.1 Å². The average Bonchev–Trinajstić information content (AvgIpc) is 3.04. The summed E-state index contributed by atoms with van der Waals surface area (Å²) in [4.78, 5) is 4.67. The fourth-order valence-electron chi connectivity index (χ4n) is 3.14. The molecule has 0 spiro atoms. The second-order valence-electron chi connectivity index (χ2n) is 7.04. The van der Waals surface area contributed by atoms with Gasteiger partial charge in [-0.25, -0.2) is 4.98 Å². The van der Waals surface area contributed by atoms with Crippen LogP contribution in [0.3, 0.4) is 0 Å². The van der Waals surface area contributed by atoms with Gasteiger partial charge in [0.25, 0.3) is 0 Å². The van der Waals surface area contributed by atoms with Gasteiger partial charge in [-0.05, 0) is 43.7 Å². The molecule has 0 saturated heterocycles. The van der Waals surface area contributed by atoms with Gasteiger partial charge in [0.05, 0.1) is 16.3 Å². The lowest BCUT2D eigenvalue weighted by Crippen LogP contribution is -2.16. The Labute approximate surface area is 167 Å². The number of nitrogens with zero attached hydrogens (tertiary/aromatic N) is 2. The Balaban J connectivity index is 1.80. The van der Waals surface area contributed by atoms with E-state index in [1.165, 1.54) is 0 Å². The van der Waals surface area contributed by atoms with E-state index in [-0.39, 0.29) is 0 Å². The molecule has 27 heavy (non-hydrogen) atoms. The van der Waals surface area contributed by atoms with Crippen LogP contribution in [0.4, 0.5) is 0 Å². The molecule has 0 saturated carbocycles. The summed E-state index contributed by atoms with van der Waals surface area (Å²) < 4.78 is 1.98. The van der Waals surface area contributed by atoms with Crippen LogP contribution in [-0.4, -0.2) is 14.5 Å². The number of aromatic nitrogens is 2. The molecule has 0 bridgehead atoms. The number of halogens is 2. The smallest absolute Gasteiger partial charge is 0.137 e. The standard InChI is InChI=1S/C22H18Cl2N2O/c1-22(2,27)18-5-3-4-17(21(18)24)15-8-11-20-25-19(13-26(20)12-15)14-6-9-16(23)10-7-14/h3-13,27H,1-2H3. The largest absolute Gasteiger partial charge is 0.386 e. The molecule has 0 unspecified atom stereocenters. The van der Waals surface area contributed by atoms with Gasteiger partial charge in [0.15, 0.2) is 0 Å². The molecule has 0 radical (unpaired) electrons. The summed E-state index contributed by atoms with van der Waals surface area (Å²) in [5, 5.41) is 11.6. The van der Waals surface area contributed by atoms with Crippen LogP contribution >= 0.6 is 23.2 Å². The SMILES string of the molecule is CC(C)(O)c1cccc(-c2ccc3nc(-c4ccc(Cl)cc4)cn3c2)c1Cl. The fraction of sp³-hybridized carbons (Fsp3) is 0.136. The topological polar surface area (TPSA) is 37.5 Å². The number of imidazole rings is 1. The van der Waals surface area contributed by atoms with Crippen molar-refractivity contribution in [1.82, 2.24) is 9.38 Å². The summed E-state index contributed by atoms with van der Waals surface area (Å²) in [6.45, 7) is 3.46. The Morgan fingerprint density at radius 1 is 0.889 bits per heavy atom. The van der Waals surface area contributed by atoms with Crippen molar-refractivity contribution in [2.75, 3.05) is 0 Å². The van der Waals surface area contributed by atoms with Crippen LogP contribution < -0.4 is 0 Å². The van der Waals surface area contributed by atoms with Crippen molar-refractivity contribution in [2.24, 2.45) is 0 Å². The monoisotopic (exact) mass is 396 g/mol.